The summed E-state index contributed by atoms with van der Waals surface area (Å²) in [5.74, 6) is -0.328. The van der Waals surface area contributed by atoms with Crippen LogP contribution in [0.15, 0.2) is 30.5 Å². The lowest BCUT2D eigenvalue weighted by Gasteiger charge is -2.03. The van der Waals surface area contributed by atoms with E-state index in [1.807, 2.05) is 0 Å². The number of carbonyl (C=O) groups is 1. The van der Waals surface area contributed by atoms with E-state index in [4.69, 9.17) is 5.73 Å². The van der Waals surface area contributed by atoms with Gasteiger partial charge < -0.3 is 16.2 Å². The summed E-state index contributed by atoms with van der Waals surface area (Å²) in [5.41, 5.74) is 6.59. The van der Waals surface area contributed by atoms with Crippen molar-refractivity contribution in [2.24, 2.45) is 7.05 Å². The molecule has 17 heavy (non-hydrogen) atoms. The van der Waals surface area contributed by atoms with Gasteiger partial charge in [0.15, 0.2) is 5.69 Å². The first-order valence-corrected chi connectivity index (χ1v) is 4.96. The van der Waals surface area contributed by atoms with Gasteiger partial charge in [0.25, 0.3) is 5.91 Å². The fourth-order valence-electron chi connectivity index (χ4n) is 1.46. The standard InChI is InChI=1S/C11H12N4O2/c1-15-6-9(12)10(14-15)11(17)13-7-3-2-4-8(16)5-7/h2-6,16H,12H2,1H3,(H,13,17). The highest BCUT2D eigenvalue weighted by Crippen LogP contribution is 2.17. The number of nitrogens with two attached hydrogens (primary N) is 1. The summed E-state index contributed by atoms with van der Waals surface area (Å²) in [5, 5.41) is 15.8. The van der Waals surface area contributed by atoms with E-state index in [0.29, 0.717) is 11.4 Å². The molecule has 0 saturated heterocycles. The van der Waals surface area contributed by atoms with E-state index in [2.05, 4.69) is 10.4 Å². The van der Waals surface area contributed by atoms with Crippen molar-refractivity contribution in [3.05, 3.63) is 36.2 Å². The Hall–Kier alpha value is -2.50. The summed E-state index contributed by atoms with van der Waals surface area (Å²) in [6.07, 6.45) is 1.55. The maximum Gasteiger partial charge on any atom is 0.278 e. The third-order valence-electron chi connectivity index (χ3n) is 2.18. The normalized spacial score (nSPS) is 10.2. The Morgan fingerprint density at radius 1 is 1.53 bits per heavy atom. The topological polar surface area (TPSA) is 93.2 Å². The first-order chi connectivity index (χ1) is 8.06. The van der Waals surface area contributed by atoms with Crippen molar-refractivity contribution >= 4 is 17.3 Å². The first-order valence-electron chi connectivity index (χ1n) is 4.96. The van der Waals surface area contributed by atoms with Crippen molar-refractivity contribution in [2.45, 2.75) is 0 Å². The molecule has 1 aromatic heterocycles. The smallest absolute Gasteiger partial charge is 0.278 e. The molecule has 0 spiro atoms. The SMILES string of the molecule is Cn1cc(N)c(C(=O)Nc2cccc(O)c2)n1. The average molecular weight is 232 g/mol. The minimum atomic E-state index is -0.409. The molecule has 1 amide bonds. The fraction of sp³-hybridized carbons (Fsp3) is 0.0909. The van der Waals surface area contributed by atoms with Gasteiger partial charge in [-0.15, -0.1) is 0 Å². The van der Waals surface area contributed by atoms with Crippen LogP contribution in [0.3, 0.4) is 0 Å². The lowest BCUT2D eigenvalue weighted by molar-refractivity contribution is 0.102. The Labute approximate surface area is 97.7 Å². The Balaban J connectivity index is 2.20. The molecular formula is C11H12N4O2. The van der Waals surface area contributed by atoms with E-state index in [9.17, 15) is 9.90 Å². The van der Waals surface area contributed by atoms with Crippen LogP contribution in [0.4, 0.5) is 11.4 Å². The van der Waals surface area contributed by atoms with E-state index in [-0.39, 0.29) is 11.4 Å². The number of benzene rings is 1. The molecule has 0 aliphatic rings. The van der Waals surface area contributed by atoms with Gasteiger partial charge >= 0.3 is 0 Å². The summed E-state index contributed by atoms with van der Waals surface area (Å²) in [7, 11) is 1.68. The number of amides is 1. The summed E-state index contributed by atoms with van der Waals surface area (Å²) in [4.78, 5) is 11.8. The molecule has 6 nitrogen and oxygen atoms in total. The van der Waals surface area contributed by atoms with E-state index < -0.39 is 5.91 Å². The number of phenolic OH excluding ortho intramolecular Hbond substituents is 1. The quantitative estimate of drug-likeness (QED) is 0.719. The molecule has 88 valence electrons. The molecule has 0 bridgehead atoms. The van der Waals surface area contributed by atoms with E-state index in [1.54, 1.807) is 25.4 Å². The lowest BCUT2D eigenvalue weighted by Crippen LogP contribution is -2.14. The Bertz CT molecular complexity index is 562. The van der Waals surface area contributed by atoms with Crippen LogP contribution in [0, 0.1) is 0 Å². The van der Waals surface area contributed by atoms with E-state index in [1.165, 1.54) is 16.8 Å². The molecule has 1 heterocycles. The summed E-state index contributed by atoms with van der Waals surface area (Å²) >= 11 is 0. The van der Waals surface area contributed by atoms with Crippen LogP contribution in [-0.4, -0.2) is 20.8 Å². The molecule has 0 fully saturated rings. The van der Waals surface area contributed by atoms with E-state index >= 15 is 0 Å². The number of aromatic nitrogens is 2. The van der Waals surface area contributed by atoms with Crippen molar-refractivity contribution in [3.63, 3.8) is 0 Å². The molecule has 6 heteroatoms. The van der Waals surface area contributed by atoms with Gasteiger partial charge in [-0.3, -0.25) is 9.48 Å². The zero-order valence-corrected chi connectivity index (χ0v) is 9.21. The third kappa shape index (κ3) is 2.36. The number of rotatable bonds is 2. The van der Waals surface area contributed by atoms with Gasteiger partial charge in [-0.05, 0) is 12.1 Å². The summed E-state index contributed by atoms with van der Waals surface area (Å²) < 4.78 is 1.46. The Kier molecular flexibility index (Phi) is 2.70. The van der Waals surface area contributed by atoms with Crippen LogP contribution in [0.5, 0.6) is 5.75 Å². The van der Waals surface area contributed by atoms with Gasteiger partial charge in [-0.1, -0.05) is 6.07 Å². The van der Waals surface area contributed by atoms with Crippen molar-refractivity contribution in [2.75, 3.05) is 11.1 Å². The van der Waals surface area contributed by atoms with Crippen molar-refractivity contribution in [1.82, 2.24) is 9.78 Å². The number of anilines is 2. The van der Waals surface area contributed by atoms with Crippen LogP contribution in [0.1, 0.15) is 10.5 Å². The second kappa shape index (κ2) is 4.17. The van der Waals surface area contributed by atoms with Gasteiger partial charge in [0.05, 0.1) is 5.69 Å². The highest BCUT2D eigenvalue weighted by Gasteiger charge is 2.14. The number of phenols is 1. The molecule has 2 rings (SSSR count). The fourth-order valence-corrected chi connectivity index (χ4v) is 1.46. The van der Waals surface area contributed by atoms with Crippen LogP contribution in [0.2, 0.25) is 0 Å². The van der Waals surface area contributed by atoms with Gasteiger partial charge in [-0.2, -0.15) is 5.10 Å². The zero-order chi connectivity index (χ0) is 12.4. The van der Waals surface area contributed by atoms with Gasteiger partial charge in [-0.25, -0.2) is 0 Å². The number of hydrogen-bond donors (Lipinski definition) is 3. The molecule has 1 aromatic carbocycles. The van der Waals surface area contributed by atoms with Gasteiger partial charge in [0.1, 0.15) is 5.75 Å². The highest BCUT2D eigenvalue weighted by atomic mass is 16.3. The third-order valence-corrected chi connectivity index (χ3v) is 2.18. The number of aromatic hydroxyl groups is 1. The number of hydrogen-bond acceptors (Lipinski definition) is 4. The summed E-state index contributed by atoms with van der Waals surface area (Å²) in [6, 6.07) is 6.26. The largest absolute Gasteiger partial charge is 0.508 e. The minimum Gasteiger partial charge on any atom is -0.508 e. The predicted octanol–water partition coefficient (Wildman–Crippen LogP) is 0.960. The highest BCUT2D eigenvalue weighted by molar-refractivity contribution is 6.06. The number of nitrogens with one attached hydrogen (secondary N) is 1. The van der Waals surface area contributed by atoms with Gasteiger partial charge in [0, 0.05) is 25.0 Å². The predicted molar refractivity (Wildman–Crippen MR) is 63.7 cm³/mol. The zero-order valence-electron chi connectivity index (χ0n) is 9.21. The molecule has 0 unspecified atom stereocenters. The molecule has 0 radical (unpaired) electrons. The molecule has 0 atom stereocenters. The van der Waals surface area contributed by atoms with Crippen LogP contribution >= 0.6 is 0 Å². The average Bonchev–Trinajstić information content (AvgIpc) is 2.58. The number of aryl methyl sites for hydroxylation is 1. The van der Waals surface area contributed by atoms with E-state index in [0.717, 1.165) is 0 Å². The molecule has 2 aromatic rings. The van der Waals surface area contributed by atoms with Crippen molar-refractivity contribution in [3.8, 4) is 5.75 Å². The second-order valence-corrected chi connectivity index (χ2v) is 3.61. The van der Waals surface area contributed by atoms with Crippen LogP contribution in [0.25, 0.3) is 0 Å². The molecule has 0 aliphatic carbocycles. The number of nitrogen functional groups attached to an aromatic ring is 1. The molecular weight excluding hydrogens is 220 g/mol. The van der Waals surface area contributed by atoms with Crippen LogP contribution in [-0.2, 0) is 7.05 Å². The van der Waals surface area contributed by atoms with Crippen LogP contribution < -0.4 is 11.1 Å². The molecule has 0 saturated carbocycles. The monoisotopic (exact) mass is 232 g/mol. The molecule has 4 N–H and O–H groups in total. The maximum atomic E-state index is 11.8. The lowest BCUT2D eigenvalue weighted by atomic mass is 10.3. The number of nitrogens with zero attached hydrogens (tertiary/aromatic N) is 2. The van der Waals surface area contributed by atoms with Crippen molar-refractivity contribution < 1.29 is 9.90 Å². The summed E-state index contributed by atoms with van der Waals surface area (Å²) in [6.45, 7) is 0. The Morgan fingerprint density at radius 2 is 2.29 bits per heavy atom. The second-order valence-electron chi connectivity index (χ2n) is 3.61. The maximum absolute atomic E-state index is 11.8. The van der Waals surface area contributed by atoms with Crippen molar-refractivity contribution in [1.29, 1.82) is 0 Å². The first kappa shape index (κ1) is 11.0. The molecule has 0 aliphatic heterocycles. The number of carbonyl (C=O) groups excluding carboxylic acids is 1. The minimum absolute atomic E-state index is 0.0804. The van der Waals surface area contributed by atoms with Gasteiger partial charge in [0.2, 0.25) is 0 Å². The Morgan fingerprint density at radius 3 is 2.88 bits per heavy atom.